The maximum atomic E-state index is 12.8. The van der Waals surface area contributed by atoms with E-state index in [0.717, 1.165) is 23.1 Å². The van der Waals surface area contributed by atoms with Gasteiger partial charge in [0, 0.05) is 9.79 Å². The SMILES string of the molecule is CC1(OC(=O)COc2ccc(COc3cccc([SH]4c5ccccc5-c5ccccc54)c3)cc2)C2CC3CC(C2)CC1C3. The summed E-state index contributed by atoms with van der Waals surface area (Å²) in [5.74, 6) is 4.00. The quantitative estimate of drug-likeness (QED) is 0.145. The Balaban J connectivity index is 0.880. The second kappa shape index (κ2) is 10.8. The molecule has 4 nitrogen and oxygen atoms in total. The van der Waals surface area contributed by atoms with Crippen LogP contribution in [0.3, 0.4) is 0 Å². The van der Waals surface area contributed by atoms with Gasteiger partial charge in [-0.3, -0.25) is 0 Å². The predicted octanol–water partition coefficient (Wildman–Crippen LogP) is 8.86. The van der Waals surface area contributed by atoms with E-state index in [2.05, 4.69) is 73.7 Å². The molecule has 4 aliphatic carbocycles. The molecule has 4 saturated carbocycles. The summed E-state index contributed by atoms with van der Waals surface area (Å²) < 4.78 is 18.2. The first-order valence-electron chi connectivity index (χ1n) is 15.7. The van der Waals surface area contributed by atoms with Gasteiger partial charge in [0.15, 0.2) is 6.61 Å². The van der Waals surface area contributed by atoms with Gasteiger partial charge in [-0.05, 0) is 127 Å². The first-order chi connectivity index (χ1) is 21.0. The summed E-state index contributed by atoms with van der Waals surface area (Å²) in [4.78, 5) is 16.9. The van der Waals surface area contributed by atoms with E-state index < -0.39 is 10.9 Å². The number of esters is 1. The lowest BCUT2D eigenvalue weighted by atomic mass is 9.50. The first-order valence-corrected chi connectivity index (χ1v) is 17.0. The van der Waals surface area contributed by atoms with Crippen molar-refractivity contribution >= 4 is 16.9 Å². The Morgan fingerprint density at radius 3 is 2.00 bits per heavy atom. The van der Waals surface area contributed by atoms with Crippen LogP contribution in [0.15, 0.2) is 112 Å². The van der Waals surface area contributed by atoms with E-state index in [1.807, 2.05) is 30.3 Å². The van der Waals surface area contributed by atoms with Crippen molar-refractivity contribution in [3.05, 3.63) is 103 Å². The molecular weight excluding hydrogens is 552 g/mol. The van der Waals surface area contributed by atoms with E-state index in [1.54, 1.807) is 0 Å². The van der Waals surface area contributed by atoms with Crippen LogP contribution in [0.5, 0.6) is 11.5 Å². The first kappa shape index (κ1) is 26.9. The standard InChI is InChI=1S/C38H38O4S/c1-38(28-18-26-17-27(20-28)21-29(38)19-26)42-37(39)24-41-30-15-13-25(14-16-30)23-40-31-7-6-8-32(22-31)43-35-11-4-2-9-33(35)34-10-3-5-12-36(34)43/h2-16,22,26-29,43H,17-21,23-24H2,1H3. The van der Waals surface area contributed by atoms with Crippen molar-refractivity contribution in [1.82, 2.24) is 0 Å². The molecule has 43 heavy (non-hydrogen) atoms. The Morgan fingerprint density at radius 1 is 0.721 bits per heavy atom. The molecule has 0 unspecified atom stereocenters. The third-order valence-electron chi connectivity index (χ3n) is 10.4. The molecule has 220 valence electrons. The van der Waals surface area contributed by atoms with Crippen molar-refractivity contribution in [3.63, 3.8) is 0 Å². The van der Waals surface area contributed by atoms with Crippen molar-refractivity contribution in [1.29, 1.82) is 0 Å². The summed E-state index contributed by atoms with van der Waals surface area (Å²) in [5, 5.41) is 0. The molecule has 0 atom stereocenters. The molecule has 4 fully saturated rings. The second-order valence-corrected chi connectivity index (χ2v) is 15.2. The third kappa shape index (κ3) is 4.92. The molecule has 0 spiro atoms. The van der Waals surface area contributed by atoms with Crippen LogP contribution >= 0.6 is 10.9 Å². The number of carbonyl (C=O) groups is 1. The van der Waals surface area contributed by atoms with E-state index in [1.165, 1.54) is 57.9 Å². The largest absolute Gasteiger partial charge is 0.489 e. The minimum Gasteiger partial charge on any atom is -0.489 e. The highest BCUT2D eigenvalue weighted by molar-refractivity contribution is 8.17. The van der Waals surface area contributed by atoms with Crippen LogP contribution in [0.1, 0.15) is 44.6 Å². The van der Waals surface area contributed by atoms with Crippen molar-refractivity contribution in [2.24, 2.45) is 23.7 Å². The van der Waals surface area contributed by atoms with Gasteiger partial charge in [-0.25, -0.2) is 4.79 Å². The average Bonchev–Trinajstić information content (AvgIpc) is 3.37. The molecular formula is C38H38O4S. The minimum absolute atomic E-state index is 0.0558. The summed E-state index contributed by atoms with van der Waals surface area (Å²) >= 11 is 0. The molecule has 0 aromatic heterocycles. The predicted molar refractivity (Wildman–Crippen MR) is 170 cm³/mol. The van der Waals surface area contributed by atoms with Crippen LogP contribution in [0.25, 0.3) is 11.1 Å². The van der Waals surface area contributed by atoms with Gasteiger partial charge in [-0.1, -0.05) is 54.6 Å². The van der Waals surface area contributed by atoms with Crippen molar-refractivity contribution in [2.75, 3.05) is 6.61 Å². The maximum Gasteiger partial charge on any atom is 0.344 e. The van der Waals surface area contributed by atoms with Gasteiger partial charge in [-0.15, -0.1) is 0 Å². The van der Waals surface area contributed by atoms with Gasteiger partial charge in [0.25, 0.3) is 0 Å². The van der Waals surface area contributed by atoms with Crippen LogP contribution in [0, 0.1) is 23.7 Å². The van der Waals surface area contributed by atoms with Crippen LogP contribution in [-0.4, -0.2) is 18.2 Å². The van der Waals surface area contributed by atoms with E-state index in [-0.39, 0.29) is 18.2 Å². The third-order valence-corrected chi connectivity index (χ3v) is 13.0. The zero-order chi connectivity index (χ0) is 29.0. The number of hydrogen-bond acceptors (Lipinski definition) is 4. The van der Waals surface area contributed by atoms with Crippen LogP contribution in [-0.2, 0) is 16.1 Å². The lowest BCUT2D eigenvalue weighted by Gasteiger charge is -2.59. The molecule has 1 aliphatic heterocycles. The lowest BCUT2D eigenvalue weighted by Crippen LogP contribution is -2.58. The monoisotopic (exact) mass is 590 g/mol. The van der Waals surface area contributed by atoms with E-state index in [9.17, 15) is 4.79 Å². The molecule has 4 aromatic carbocycles. The lowest BCUT2D eigenvalue weighted by molar-refractivity contribution is -0.204. The van der Waals surface area contributed by atoms with Gasteiger partial charge in [0.05, 0.1) is 0 Å². The number of thiol groups is 1. The van der Waals surface area contributed by atoms with Crippen molar-refractivity contribution in [3.8, 4) is 22.6 Å². The Bertz CT molecular complexity index is 1590. The fraction of sp³-hybridized carbons (Fsp3) is 0.342. The summed E-state index contributed by atoms with van der Waals surface area (Å²) in [6, 6.07) is 33.9. The van der Waals surface area contributed by atoms with Gasteiger partial charge in [0.2, 0.25) is 0 Å². The molecule has 9 rings (SSSR count). The normalized spacial score (nSPS) is 27.0. The molecule has 0 amide bonds. The zero-order valence-electron chi connectivity index (χ0n) is 24.6. The Kier molecular flexibility index (Phi) is 6.74. The number of rotatable bonds is 8. The summed E-state index contributed by atoms with van der Waals surface area (Å²) in [6.07, 6.45) is 6.26. The number of hydrogen-bond donors (Lipinski definition) is 1. The molecule has 4 aromatic rings. The number of ether oxygens (including phenoxy) is 3. The van der Waals surface area contributed by atoms with Crippen LogP contribution in [0.2, 0.25) is 0 Å². The molecule has 0 N–H and O–H groups in total. The summed E-state index contributed by atoms with van der Waals surface area (Å²) in [5.41, 5.74) is 3.41. The molecule has 0 radical (unpaired) electrons. The minimum atomic E-state index is -0.614. The highest BCUT2D eigenvalue weighted by Gasteiger charge is 2.57. The van der Waals surface area contributed by atoms with E-state index in [4.69, 9.17) is 14.2 Å². The molecule has 4 bridgehead atoms. The summed E-state index contributed by atoms with van der Waals surface area (Å²) in [7, 11) is -0.614. The second-order valence-electron chi connectivity index (χ2n) is 13.1. The van der Waals surface area contributed by atoms with Gasteiger partial charge < -0.3 is 14.2 Å². The Labute approximate surface area is 256 Å². The number of carbonyl (C=O) groups excluding carboxylic acids is 1. The molecule has 5 heteroatoms. The topological polar surface area (TPSA) is 44.8 Å². The Morgan fingerprint density at radius 2 is 1.35 bits per heavy atom. The Hall–Kier alpha value is -3.70. The average molecular weight is 591 g/mol. The van der Waals surface area contributed by atoms with Crippen molar-refractivity contribution in [2.45, 2.75) is 65.9 Å². The molecule has 1 heterocycles. The van der Waals surface area contributed by atoms with Gasteiger partial charge >= 0.3 is 5.97 Å². The van der Waals surface area contributed by atoms with Crippen molar-refractivity contribution < 1.29 is 19.0 Å². The molecule has 5 aliphatic rings. The van der Waals surface area contributed by atoms with Crippen LogP contribution < -0.4 is 9.47 Å². The van der Waals surface area contributed by atoms with Crippen LogP contribution in [0.4, 0.5) is 0 Å². The smallest absolute Gasteiger partial charge is 0.344 e. The highest BCUT2D eigenvalue weighted by Crippen LogP contribution is 2.62. The maximum absolute atomic E-state index is 12.8. The fourth-order valence-electron chi connectivity index (χ4n) is 8.47. The zero-order valence-corrected chi connectivity index (χ0v) is 25.5. The number of fused-ring (bicyclic) bond motifs is 3. The van der Waals surface area contributed by atoms with E-state index >= 15 is 0 Å². The number of benzene rings is 4. The van der Waals surface area contributed by atoms with Gasteiger partial charge in [-0.2, -0.15) is 10.9 Å². The fourth-order valence-corrected chi connectivity index (χ4v) is 11.1. The summed E-state index contributed by atoms with van der Waals surface area (Å²) in [6.45, 7) is 2.58. The van der Waals surface area contributed by atoms with Gasteiger partial charge in [0.1, 0.15) is 23.7 Å². The molecule has 0 saturated heterocycles. The van der Waals surface area contributed by atoms with E-state index in [0.29, 0.717) is 24.2 Å². The highest BCUT2D eigenvalue weighted by atomic mass is 32.2.